The lowest BCUT2D eigenvalue weighted by molar-refractivity contribution is -0.141. The summed E-state index contributed by atoms with van der Waals surface area (Å²) in [6.45, 7) is 6.41. The van der Waals surface area contributed by atoms with E-state index >= 15 is 0 Å². The van der Waals surface area contributed by atoms with Crippen molar-refractivity contribution < 1.29 is 9.59 Å². The molecule has 1 aliphatic carbocycles. The first-order valence-electron chi connectivity index (χ1n) is 11.3. The molecular formula is C26H33ClN2O2. The molecule has 1 atom stereocenters. The molecule has 2 amide bonds. The maximum absolute atomic E-state index is 13.5. The van der Waals surface area contributed by atoms with E-state index in [4.69, 9.17) is 11.6 Å². The van der Waals surface area contributed by atoms with Crippen LogP contribution in [0, 0.1) is 13.8 Å². The number of rotatable bonds is 8. The summed E-state index contributed by atoms with van der Waals surface area (Å²) in [5, 5.41) is 3.85. The first-order chi connectivity index (χ1) is 14.9. The van der Waals surface area contributed by atoms with Crippen LogP contribution in [0.4, 0.5) is 0 Å². The van der Waals surface area contributed by atoms with Gasteiger partial charge in [-0.2, -0.15) is 0 Å². The molecule has 0 bridgehead atoms. The van der Waals surface area contributed by atoms with Crippen LogP contribution in [0.25, 0.3) is 0 Å². The quantitative estimate of drug-likeness (QED) is 0.600. The molecule has 1 aliphatic rings. The molecule has 1 fully saturated rings. The first kappa shape index (κ1) is 23.3. The highest BCUT2D eigenvalue weighted by atomic mass is 35.5. The average Bonchev–Trinajstić information content (AvgIpc) is 3.25. The van der Waals surface area contributed by atoms with Crippen molar-refractivity contribution in [2.24, 2.45) is 0 Å². The van der Waals surface area contributed by atoms with Gasteiger partial charge < -0.3 is 10.2 Å². The Morgan fingerprint density at radius 1 is 1.10 bits per heavy atom. The lowest BCUT2D eigenvalue weighted by atomic mass is 10.0. The fourth-order valence-electron chi connectivity index (χ4n) is 4.33. The second kappa shape index (κ2) is 10.8. The Morgan fingerprint density at radius 3 is 2.42 bits per heavy atom. The van der Waals surface area contributed by atoms with Gasteiger partial charge in [0, 0.05) is 17.6 Å². The number of nitrogens with one attached hydrogen (secondary N) is 1. The molecule has 166 valence electrons. The number of halogens is 1. The lowest BCUT2D eigenvalue weighted by Crippen LogP contribution is -2.51. The normalized spacial score (nSPS) is 15.0. The van der Waals surface area contributed by atoms with Gasteiger partial charge in [0.05, 0.1) is 6.42 Å². The third-order valence-corrected chi connectivity index (χ3v) is 6.45. The fraction of sp³-hybridized carbons (Fsp3) is 0.462. The van der Waals surface area contributed by atoms with Gasteiger partial charge in [0.15, 0.2) is 0 Å². The average molecular weight is 441 g/mol. The van der Waals surface area contributed by atoms with Crippen molar-refractivity contribution >= 4 is 23.4 Å². The SMILES string of the molecule is CCC(C(=O)NC1CCCC1)N(Cc1ccc(Cl)cc1)C(=O)Cc1cc(C)ccc1C. The third-order valence-electron chi connectivity index (χ3n) is 6.20. The summed E-state index contributed by atoms with van der Waals surface area (Å²) in [6, 6.07) is 13.4. The molecule has 2 aromatic rings. The first-order valence-corrected chi connectivity index (χ1v) is 11.7. The number of hydrogen-bond donors (Lipinski definition) is 1. The van der Waals surface area contributed by atoms with Crippen LogP contribution in [0.5, 0.6) is 0 Å². The summed E-state index contributed by atoms with van der Waals surface area (Å²) in [6.07, 6.45) is 5.22. The van der Waals surface area contributed by atoms with Crippen LogP contribution in [0.2, 0.25) is 5.02 Å². The van der Waals surface area contributed by atoms with E-state index < -0.39 is 6.04 Å². The molecule has 5 heteroatoms. The van der Waals surface area contributed by atoms with E-state index in [1.807, 2.05) is 51.1 Å². The minimum atomic E-state index is -0.492. The van der Waals surface area contributed by atoms with E-state index in [1.54, 1.807) is 4.90 Å². The molecule has 0 spiro atoms. The zero-order chi connectivity index (χ0) is 22.4. The molecule has 3 rings (SSSR count). The number of aryl methyl sites for hydroxylation is 2. The van der Waals surface area contributed by atoms with Gasteiger partial charge in [0.25, 0.3) is 0 Å². The number of carbonyl (C=O) groups is 2. The molecule has 4 nitrogen and oxygen atoms in total. The van der Waals surface area contributed by atoms with Gasteiger partial charge in [-0.15, -0.1) is 0 Å². The fourth-order valence-corrected chi connectivity index (χ4v) is 4.45. The van der Waals surface area contributed by atoms with E-state index in [0.29, 0.717) is 18.0 Å². The zero-order valence-corrected chi connectivity index (χ0v) is 19.5. The van der Waals surface area contributed by atoms with Crippen LogP contribution in [0.3, 0.4) is 0 Å². The van der Waals surface area contributed by atoms with Gasteiger partial charge >= 0.3 is 0 Å². The van der Waals surface area contributed by atoms with E-state index in [-0.39, 0.29) is 24.3 Å². The monoisotopic (exact) mass is 440 g/mol. The van der Waals surface area contributed by atoms with Crippen LogP contribution in [0.1, 0.15) is 61.3 Å². The standard InChI is InChI=1S/C26H33ClN2O2/c1-4-24(26(31)28-23-7-5-6-8-23)29(17-20-11-13-22(27)14-12-20)25(30)16-21-15-18(2)9-10-19(21)3/h9-15,23-24H,4-8,16-17H2,1-3H3,(H,28,31). The largest absolute Gasteiger partial charge is 0.352 e. The predicted octanol–water partition coefficient (Wildman–Crippen LogP) is 5.37. The Kier molecular flexibility index (Phi) is 8.14. The van der Waals surface area contributed by atoms with E-state index in [1.165, 1.54) is 0 Å². The highest BCUT2D eigenvalue weighted by molar-refractivity contribution is 6.30. The highest BCUT2D eigenvalue weighted by Crippen LogP contribution is 2.21. The van der Waals surface area contributed by atoms with Crippen LogP contribution >= 0.6 is 11.6 Å². The van der Waals surface area contributed by atoms with Crippen LogP contribution in [-0.2, 0) is 22.6 Å². The predicted molar refractivity (Wildman–Crippen MR) is 126 cm³/mol. The van der Waals surface area contributed by atoms with Gasteiger partial charge in [-0.1, -0.05) is 67.3 Å². The molecule has 1 saturated carbocycles. The minimum absolute atomic E-state index is 0.0305. The molecule has 31 heavy (non-hydrogen) atoms. The van der Waals surface area contributed by atoms with Gasteiger partial charge in [0.2, 0.25) is 11.8 Å². The number of benzene rings is 2. The van der Waals surface area contributed by atoms with Gasteiger partial charge in [-0.25, -0.2) is 0 Å². The summed E-state index contributed by atoms with van der Waals surface area (Å²) >= 11 is 6.04. The summed E-state index contributed by atoms with van der Waals surface area (Å²) in [5.74, 6) is -0.0743. The number of hydrogen-bond acceptors (Lipinski definition) is 2. The second-order valence-corrected chi connectivity index (χ2v) is 9.11. The van der Waals surface area contributed by atoms with Crippen molar-refractivity contribution in [3.05, 3.63) is 69.7 Å². The number of carbonyl (C=O) groups excluding carboxylic acids is 2. The van der Waals surface area contributed by atoms with Crippen molar-refractivity contribution in [2.75, 3.05) is 0 Å². The molecule has 1 N–H and O–H groups in total. The topological polar surface area (TPSA) is 49.4 Å². The molecule has 0 radical (unpaired) electrons. The maximum atomic E-state index is 13.5. The van der Waals surface area contributed by atoms with Crippen LogP contribution in [0.15, 0.2) is 42.5 Å². The van der Waals surface area contributed by atoms with Gasteiger partial charge in [-0.3, -0.25) is 9.59 Å². The van der Waals surface area contributed by atoms with Crippen LogP contribution < -0.4 is 5.32 Å². The number of amides is 2. The van der Waals surface area contributed by atoms with Crippen molar-refractivity contribution in [3.8, 4) is 0 Å². The smallest absolute Gasteiger partial charge is 0.243 e. The maximum Gasteiger partial charge on any atom is 0.243 e. The van der Waals surface area contributed by atoms with E-state index in [2.05, 4.69) is 17.4 Å². The Hall–Kier alpha value is -2.33. The Morgan fingerprint density at radius 2 is 1.77 bits per heavy atom. The zero-order valence-electron chi connectivity index (χ0n) is 18.8. The van der Waals surface area contributed by atoms with E-state index in [0.717, 1.165) is 47.9 Å². The molecule has 1 unspecified atom stereocenters. The van der Waals surface area contributed by atoms with Crippen LogP contribution in [-0.4, -0.2) is 28.8 Å². The van der Waals surface area contributed by atoms with E-state index in [9.17, 15) is 9.59 Å². The third kappa shape index (κ3) is 6.33. The minimum Gasteiger partial charge on any atom is -0.352 e. The van der Waals surface area contributed by atoms with Crippen molar-refractivity contribution in [1.29, 1.82) is 0 Å². The van der Waals surface area contributed by atoms with Gasteiger partial charge in [-0.05, 0) is 61.9 Å². The Bertz CT molecular complexity index is 904. The molecule has 0 heterocycles. The van der Waals surface area contributed by atoms with Crippen molar-refractivity contribution in [3.63, 3.8) is 0 Å². The highest BCUT2D eigenvalue weighted by Gasteiger charge is 2.30. The molecule has 0 aromatic heterocycles. The molecule has 0 saturated heterocycles. The summed E-state index contributed by atoms with van der Waals surface area (Å²) in [4.78, 5) is 28.4. The van der Waals surface area contributed by atoms with Gasteiger partial charge in [0.1, 0.15) is 6.04 Å². The molecule has 0 aliphatic heterocycles. The Labute approximate surface area is 191 Å². The summed E-state index contributed by atoms with van der Waals surface area (Å²) < 4.78 is 0. The number of nitrogens with zero attached hydrogens (tertiary/aromatic N) is 1. The summed E-state index contributed by atoms with van der Waals surface area (Å²) in [5.41, 5.74) is 4.19. The second-order valence-electron chi connectivity index (χ2n) is 8.67. The Balaban J connectivity index is 1.84. The van der Waals surface area contributed by atoms with Crippen molar-refractivity contribution in [2.45, 2.75) is 77.9 Å². The lowest BCUT2D eigenvalue weighted by Gasteiger charge is -2.32. The summed E-state index contributed by atoms with van der Waals surface area (Å²) in [7, 11) is 0. The molecule has 2 aromatic carbocycles. The molecular weight excluding hydrogens is 408 g/mol. The van der Waals surface area contributed by atoms with Crippen molar-refractivity contribution in [1.82, 2.24) is 10.2 Å².